The first kappa shape index (κ1) is 13.8. The average Bonchev–Trinajstić information content (AvgIpc) is 2.93. The van der Waals surface area contributed by atoms with Crippen molar-refractivity contribution >= 4 is 11.6 Å². The summed E-state index contributed by atoms with van der Waals surface area (Å²) in [4.78, 5) is 4.18. The maximum atomic E-state index is 5.95. The SMILES string of the molecule is NCCc1cc(-c2cccnc2)n(-c2ccc(Cl)cc2)n1. The molecule has 2 aromatic heterocycles. The largest absolute Gasteiger partial charge is 0.330 e. The van der Waals surface area contributed by atoms with Crippen molar-refractivity contribution in [3.05, 3.63) is 65.6 Å². The van der Waals surface area contributed by atoms with Gasteiger partial charge in [-0.2, -0.15) is 5.10 Å². The second-order valence-corrected chi connectivity index (χ2v) is 5.13. The number of pyridine rings is 1. The Morgan fingerprint density at radius 2 is 1.95 bits per heavy atom. The third kappa shape index (κ3) is 2.96. The van der Waals surface area contributed by atoms with Crippen LogP contribution in [-0.2, 0) is 6.42 Å². The van der Waals surface area contributed by atoms with Crippen LogP contribution in [0.2, 0.25) is 5.02 Å². The van der Waals surface area contributed by atoms with E-state index >= 15 is 0 Å². The minimum absolute atomic E-state index is 0.574. The zero-order chi connectivity index (χ0) is 14.7. The molecule has 2 heterocycles. The van der Waals surface area contributed by atoms with Gasteiger partial charge in [0.2, 0.25) is 0 Å². The highest BCUT2D eigenvalue weighted by atomic mass is 35.5. The van der Waals surface area contributed by atoms with Crippen LogP contribution >= 0.6 is 11.6 Å². The fourth-order valence-corrected chi connectivity index (χ4v) is 2.33. The number of halogens is 1. The standard InChI is InChI=1S/C16H15ClN4/c17-13-3-5-15(6-4-13)21-16(10-14(20-21)7-8-18)12-2-1-9-19-11-12/h1-6,9-11H,7-8,18H2. The number of nitrogens with zero attached hydrogens (tertiary/aromatic N) is 3. The molecule has 0 unspecified atom stereocenters. The molecule has 0 atom stereocenters. The predicted molar refractivity (Wildman–Crippen MR) is 84.6 cm³/mol. The zero-order valence-electron chi connectivity index (χ0n) is 11.4. The maximum Gasteiger partial charge on any atom is 0.0759 e. The first-order valence-corrected chi connectivity index (χ1v) is 7.11. The highest BCUT2D eigenvalue weighted by Crippen LogP contribution is 2.24. The molecule has 3 aromatic rings. The van der Waals surface area contributed by atoms with Crippen LogP contribution < -0.4 is 5.73 Å². The maximum absolute atomic E-state index is 5.95. The van der Waals surface area contributed by atoms with E-state index in [-0.39, 0.29) is 0 Å². The van der Waals surface area contributed by atoms with Crippen LogP contribution in [0.4, 0.5) is 0 Å². The third-order valence-corrected chi connectivity index (χ3v) is 3.44. The van der Waals surface area contributed by atoms with E-state index in [9.17, 15) is 0 Å². The van der Waals surface area contributed by atoms with Gasteiger partial charge >= 0.3 is 0 Å². The minimum atomic E-state index is 0.574. The van der Waals surface area contributed by atoms with Gasteiger partial charge in [-0.05, 0) is 49.0 Å². The molecule has 0 bridgehead atoms. The zero-order valence-corrected chi connectivity index (χ0v) is 12.2. The van der Waals surface area contributed by atoms with Crippen molar-refractivity contribution in [2.75, 3.05) is 6.54 Å². The van der Waals surface area contributed by atoms with E-state index < -0.39 is 0 Å². The number of benzene rings is 1. The number of rotatable bonds is 4. The number of hydrogen-bond donors (Lipinski definition) is 1. The van der Waals surface area contributed by atoms with Crippen LogP contribution in [0.25, 0.3) is 16.9 Å². The second kappa shape index (κ2) is 6.08. The number of aromatic nitrogens is 3. The van der Waals surface area contributed by atoms with Gasteiger partial charge in [-0.15, -0.1) is 0 Å². The van der Waals surface area contributed by atoms with E-state index in [0.717, 1.165) is 29.1 Å². The predicted octanol–water partition coefficient (Wildman–Crippen LogP) is 3.09. The van der Waals surface area contributed by atoms with Gasteiger partial charge in [0.05, 0.1) is 17.1 Å². The van der Waals surface area contributed by atoms with Crippen LogP contribution in [-0.4, -0.2) is 21.3 Å². The summed E-state index contributed by atoms with van der Waals surface area (Å²) >= 11 is 5.95. The molecule has 2 N–H and O–H groups in total. The summed E-state index contributed by atoms with van der Waals surface area (Å²) in [6, 6.07) is 13.6. The van der Waals surface area contributed by atoms with Gasteiger partial charge in [0.1, 0.15) is 0 Å². The van der Waals surface area contributed by atoms with Gasteiger partial charge < -0.3 is 5.73 Å². The second-order valence-electron chi connectivity index (χ2n) is 4.69. The molecule has 4 nitrogen and oxygen atoms in total. The van der Waals surface area contributed by atoms with Crippen molar-refractivity contribution in [1.29, 1.82) is 0 Å². The van der Waals surface area contributed by atoms with Crippen molar-refractivity contribution in [2.24, 2.45) is 5.73 Å². The Morgan fingerprint density at radius 1 is 1.14 bits per heavy atom. The molecule has 21 heavy (non-hydrogen) atoms. The van der Waals surface area contributed by atoms with E-state index in [4.69, 9.17) is 17.3 Å². The van der Waals surface area contributed by atoms with Gasteiger partial charge in [-0.3, -0.25) is 4.98 Å². The van der Waals surface area contributed by atoms with Crippen LogP contribution in [0, 0.1) is 0 Å². The Morgan fingerprint density at radius 3 is 2.62 bits per heavy atom. The fraction of sp³-hybridized carbons (Fsp3) is 0.125. The fourth-order valence-electron chi connectivity index (χ4n) is 2.20. The molecule has 0 amide bonds. The van der Waals surface area contributed by atoms with Gasteiger partial charge in [0.25, 0.3) is 0 Å². The summed E-state index contributed by atoms with van der Waals surface area (Å²) in [7, 11) is 0. The van der Waals surface area contributed by atoms with Crippen LogP contribution in [0.1, 0.15) is 5.69 Å². The van der Waals surface area contributed by atoms with Crippen LogP contribution in [0.5, 0.6) is 0 Å². The Hall–Kier alpha value is -2.17. The van der Waals surface area contributed by atoms with Crippen molar-refractivity contribution < 1.29 is 0 Å². The smallest absolute Gasteiger partial charge is 0.0759 e. The molecule has 5 heteroatoms. The molecule has 0 fully saturated rings. The normalized spacial score (nSPS) is 10.8. The summed E-state index contributed by atoms with van der Waals surface area (Å²) in [6.07, 6.45) is 4.33. The van der Waals surface area contributed by atoms with Gasteiger partial charge in [0, 0.05) is 29.4 Å². The molecule has 0 aliphatic carbocycles. The Bertz CT molecular complexity index is 720. The van der Waals surface area contributed by atoms with E-state index in [1.807, 2.05) is 47.3 Å². The molecule has 0 saturated heterocycles. The molecule has 0 aliphatic rings. The summed E-state index contributed by atoms with van der Waals surface area (Å²) in [5.74, 6) is 0. The van der Waals surface area contributed by atoms with Crippen LogP contribution in [0.15, 0.2) is 54.9 Å². The Balaban J connectivity index is 2.11. The van der Waals surface area contributed by atoms with Crippen molar-refractivity contribution in [2.45, 2.75) is 6.42 Å². The summed E-state index contributed by atoms with van der Waals surface area (Å²) in [6.45, 7) is 0.574. The lowest BCUT2D eigenvalue weighted by atomic mass is 10.2. The molecule has 106 valence electrons. The molecule has 0 radical (unpaired) electrons. The quantitative estimate of drug-likeness (QED) is 0.805. The van der Waals surface area contributed by atoms with E-state index in [0.29, 0.717) is 11.6 Å². The summed E-state index contributed by atoms with van der Waals surface area (Å²) in [5, 5.41) is 5.35. The molecular formula is C16H15ClN4. The van der Waals surface area contributed by atoms with Crippen molar-refractivity contribution in [3.8, 4) is 16.9 Å². The van der Waals surface area contributed by atoms with Gasteiger partial charge in [0.15, 0.2) is 0 Å². The molecule has 3 rings (SSSR count). The average molecular weight is 299 g/mol. The third-order valence-electron chi connectivity index (χ3n) is 3.19. The molecule has 0 spiro atoms. The molecule has 0 saturated carbocycles. The van der Waals surface area contributed by atoms with E-state index in [2.05, 4.69) is 16.1 Å². The lowest BCUT2D eigenvalue weighted by Crippen LogP contribution is -2.04. The minimum Gasteiger partial charge on any atom is -0.330 e. The van der Waals surface area contributed by atoms with Crippen molar-refractivity contribution in [1.82, 2.24) is 14.8 Å². The van der Waals surface area contributed by atoms with Gasteiger partial charge in [-0.25, -0.2) is 4.68 Å². The number of nitrogens with two attached hydrogens (primary N) is 1. The van der Waals surface area contributed by atoms with Gasteiger partial charge in [-0.1, -0.05) is 11.6 Å². The number of hydrogen-bond acceptors (Lipinski definition) is 3. The first-order chi connectivity index (χ1) is 10.3. The molecular weight excluding hydrogens is 284 g/mol. The lowest BCUT2D eigenvalue weighted by Gasteiger charge is -2.07. The van der Waals surface area contributed by atoms with E-state index in [1.165, 1.54) is 0 Å². The van der Waals surface area contributed by atoms with E-state index in [1.54, 1.807) is 6.20 Å². The van der Waals surface area contributed by atoms with Crippen LogP contribution in [0.3, 0.4) is 0 Å². The Kier molecular flexibility index (Phi) is 3.99. The highest BCUT2D eigenvalue weighted by Gasteiger charge is 2.11. The molecule has 1 aromatic carbocycles. The van der Waals surface area contributed by atoms with Crippen molar-refractivity contribution in [3.63, 3.8) is 0 Å². The summed E-state index contributed by atoms with van der Waals surface area (Å²) < 4.78 is 1.90. The topological polar surface area (TPSA) is 56.7 Å². The molecule has 0 aliphatic heterocycles. The lowest BCUT2D eigenvalue weighted by molar-refractivity contribution is 0.825. The Labute approximate surface area is 128 Å². The first-order valence-electron chi connectivity index (χ1n) is 6.73. The summed E-state index contributed by atoms with van der Waals surface area (Å²) in [5.41, 5.74) is 9.57. The monoisotopic (exact) mass is 298 g/mol. The highest BCUT2D eigenvalue weighted by molar-refractivity contribution is 6.30.